The normalized spacial score (nSPS) is 17.0. The van der Waals surface area contributed by atoms with Crippen LogP contribution in [0.25, 0.3) is 0 Å². The van der Waals surface area contributed by atoms with Crippen LogP contribution in [0.15, 0.2) is 24.3 Å². The molecule has 0 unspecified atom stereocenters. The van der Waals surface area contributed by atoms with Crippen molar-refractivity contribution in [1.29, 1.82) is 0 Å². The number of unbranched alkanes of at least 4 members (excludes halogenated alkanes) is 1. The monoisotopic (exact) mass is 336 g/mol. The van der Waals surface area contributed by atoms with Gasteiger partial charge in [0.05, 0.1) is 0 Å². The van der Waals surface area contributed by atoms with E-state index in [4.69, 9.17) is 9.47 Å². The highest BCUT2D eigenvalue weighted by atomic mass is 16.5. The molecule has 0 aliphatic carbocycles. The molecule has 0 aromatic carbocycles. The highest BCUT2D eigenvalue weighted by Gasteiger charge is 2.23. The molecule has 8 nitrogen and oxygen atoms in total. The Labute approximate surface area is 139 Å². The molecule has 24 heavy (non-hydrogen) atoms. The predicted molar refractivity (Wildman–Crippen MR) is 82.3 cm³/mol. The lowest BCUT2D eigenvalue weighted by molar-refractivity contribution is -0.143. The van der Waals surface area contributed by atoms with Crippen molar-refractivity contribution in [1.82, 2.24) is 9.80 Å². The van der Waals surface area contributed by atoms with Gasteiger partial charge >= 0.3 is 0 Å². The molecule has 2 aliphatic rings. The number of carbonyl (C=O) groups is 4. The van der Waals surface area contributed by atoms with Crippen LogP contribution in [0.5, 0.6) is 0 Å². The van der Waals surface area contributed by atoms with E-state index in [1.54, 1.807) is 0 Å². The Morgan fingerprint density at radius 3 is 1.67 bits per heavy atom. The minimum atomic E-state index is -0.353. The topological polar surface area (TPSA) is 93.2 Å². The Bertz CT molecular complexity index is 483. The largest absolute Gasteiger partial charge is 0.381 e. The molecule has 0 aromatic rings. The summed E-state index contributed by atoms with van der Waals surface area (Å²) in [6, 6.07) is 0. The predicted octanol–water partition coefficient (Wildman–Crippen LogP) is -0.00260. The summed E-state index contributed by atoms with van der Waals surface area (Å²) in [5, 5.41) is 0. The molecule has 8 heteroatoms. The van der Waals surface area contributed by atoms with Crippen molar-refractivity contribution < 1.29 is 28.7 Å². The first-order chi connectivity index (χ1) is 11.6. The number of carbonyl (C=O) groups excluding carboxylic acids is 4. The molecule has 2 rings (SSSR count). The van der Waals surface area contributed by atoms with Gasteiger partial charge in [0.15, 0.2) is 0 Å². The van der Waals surface area contributed by atoms with E-state index in [-0.39, 0.29) is 30.4 Å². The van der Waals surface area contributed by atoms with Crippen molar-refractivity contribution in [2.45, 2.75) is 19.3 Å². The van der Waals surface area contributed by atoms with E-state index >= 15 is 0 Å². The molecule has 0 fully saturated rings. The van der Waals surface area contributed by atoms with Crippen LogP contribution in [-0.4, -0.2) is 66.5 Å². The van der Waals surface area contributed by atoms with Gasteiger partial charge in [-0.05, 0) is 19.3 Å². The van der Waals surface area contributed by atoms with Gasteiger partial charge in [0.1, 0.15) is 6.73 Å². The fraction of sp³-hybridized carbons (Fsp3) is 0.500. The summed E-state index contributed by atoms with van der Waals surface area (Å²) in [4.78, 5) is 47.3. The fourth-order valence-electron chi connectivity index (χ4n) is 2.20. The maximum absolute atomic E-state index is 11.3. The Morgan fingerprint density at radius 1 is 0.625 bits per heavy atom. The Balaban J connectivity index is 1.39. The summed E-state index contributed by atoms with van der Waals surface area (Å²) in [5.74, 6) is -1.26. The maximum Gasteiger partial charge on any atom is 0.255 e. The maximum atomic E-state index is 11.3. The summed E-state index contributed by atoms with van der Waals surface area (Å²) >= 11 is 0. The van der Waals surface area contributed by atoms with Gasteiger partial charge in [-0.1, -0.05) is 0 Å². The summed E-state index contributed by atoms with van der Waals surface area (Å²) in [5.41, 5.74) is 0. The van der Waals surface area contributed by atoms with Crippen molar-refractivity contribution in [3.8, 4) is 0 Å². The zero-order valence-corrected chi connectivity index (χ0v) is 13.3. The fourth-order valence-corrected chi connectivity index (χ4v) is 2.20. The number of hydrogen-bond acceptors (Lipinski definition) is 6. The third kappa shape index (κ3) is 5.10. The summed E-state index contributed by atoms with van der Waals surface area (Å²) in [6.07, 6.45) is 7.10. The highest BCUT2D eigenvalue weighted by Crippen LogP contribution is 2.05. The van der Waals surface area contributed by atoms with Crippen molar-refractivity contribution in [3.63, 3.8) is 0 Å². The van der Waals surface area contributed by atoms with Crippen LogP contribution < -0.4 is 0 Å². The van der Waals surface area contributed by atoms with Crippen LogP contribution in [0.4, 0.5) is 0 Å². The molecule has 2 aliphatic heterocycles. The lowest BCUT2D eigenvalue weighted by Gasteiger charge is -2.14. The number of nitrogens with zero attached hydrogens (tertiary/aromatic N) is 2. The van der Waals surface area contributed by atoms with Gasteiger partial charge in [0.2, 0.25) is 0 Å². The van der Waals surface area contributed by atoms with Crippen LogP contribution in [0.2, 0.25) is 0 Å². The minimum absolute atomic E-state index is 0.0303. The van der Waals surface area contributed by atoms with Crippen molar-refractivity contribution >= 4 is 23.6 Å². The number of ether oxygens (including phenoxy) is 2. The third-order valence-electron chi connectivity index (χ3n) is 3.52. The number of hydrogen-bond donors (Lipinski definition) is 0. The van der Waals surface area contributed by atoms with Crippen molar-refractivity contribution in [2.24, 2.45) is 0 Å². The van der Waals surface area contributed by atoms with E-state index < -0.39 is 0 Å². The number of imide groups is 2. The molecular formula is C16H20N2O6. The molecule has 0 aromatic heterocycles. The quantitative estimate of drug-likeness (QED) is 0.389. The molecule has 4 amide bonds. The average molecular weight is 336 g/mol. The Kier molecular flexibility index (Phi) is 6.83. The van der Waals surface area contributed by atoms with E-state index in [0.717, 1.165) is 17.7 Å². The molecule has 130 valence electrons. The van der Waals surface area contributed by atoms with E-state index in [2.05, 4.69) is 0 Å². The average Bonchev–Trinajstić information content (AvgIpc) is 3.05. The molecule has 0 saturated heterocycles. The van der Waals surface area contributed by atoms with Crippen molar-refractivity contribution in [3.05, 3.63) is 24.3 Å². The van der Waals surface area contributed by atoms with E-state index in [1.807, 2.05) is 0 Å². The van der Waals surface area contributed by atoms with Gasteiger partial charge in [-0.2, -0.15) is 0 Å². The zero-order chi connectivity index (χ0) is 17.4. The van der Waals surface area contributed by atoms with Crippen LogP contribution in [0.1, 0.15) is 19.3 Å². The van der Waals surface area contributed by atoms with Crippen molar-refractivity contribution in [2.75, 3.05) is 33.1 Å². The van der Waals surface area contributed by atoms with Crippen LogP contribution in [0, 0.1) is 0 Å². The smallest absolute Gasteiger partial charge is 0.255 e. The van der Waals surface area contributed by atoms with Gasteiger partial charge in [-0.3, -0.25) is 29.0 Å². The van der Waals surface area contributed by atoms with Gasteiger partial charge in [-0.25, -0.2) is 0 Å². The Morgan fingerprint density at radius 2 is 1.08 bits per heavy atom. The van der Waals surface area contributed by atoms with Crippen LogP contribution >= 0.6 is 0 Å². The molecule has 0 radical (unpaired) electrons. The molecule has 0 atom stereocenters. The third-order valence-corrected chi connectivity index (χ3v) is 3.52. The molecule has 0 spiro atoms. The lowest BCUT2D eigenvalue weighted by atomic mass is 10.3. The zero-order valence-electron chi connectivity index (χ0n) is 13.3. The van der Waals surface area contributed by atoms with Crippen LogP contribution in [-0.2, 0) is 28.7 Å². The second-order valence-corrected chi connectivity index (χ2v) is 5.31. The lowest BCUT2D eigenvalue weighted by Crippen LogP contribution is -2.32. The first-order valence-electron chi connectivity index (χ1n) is 7.82. The standard InChI is InChI=1S/C16H20N2O6/c19-13-4-5-14(20)17(13)8-3-11-23-9-1-2-10-24-12-18-15(21)6-7-16(18)22/h4-7H,1-3,8-12H2. The molecule has 2 heterocycles. The summed E-state index contributed by atoms with van der Waals surface area (Å²) in [6.45, 7) is 1.78. The van der Waals surface area contributed by atoms with Gasteiger partial charge in [-0.15, -0.1) is 0 Å². The van der Waals surface area contributed by atoms with Gasteiger partial charge in [0.25, 0.3) is 23.6 Å². The van der Waals surface area contributed by atoms with Gasteiger partial charge in [0, 0.05) is 50.7 Å². The SMILES string of the molecule is O=C1C=CC(=O)N1CCCOCCCCOCN1C(=O)C=CC1=O. The second kappa shape index (κ2) is 9.09. The summed E-state index contributed by atoms with van der Waals surface area (Å²) < 4.78 is 10.7. The van der Waals surface area contributed by atoms with E-state index in [0.29, 0.717) is 32.8 Å². The highest BCUT2D eigenvalue weighted by molar-refractivity contribution is 6.13. The molecule has 0 N–H and O–H groups in total. The molecule has 0 saturated carbocycles. The minimum Gasteiger partial charge on any atom is -0.381 e. The molecular weight excluding hydrogens is 316 g/mol. The van der Waals surface area contributed by atoms with Gasteiger partial charge < -0.3 is 9.47 Å². The first kappa shape index (κ1) is 18.0. The van der Waals surface area contributed by atoms with E-state index in [1.165, 1.54) is 29.2 Å². The summed E-state index contributed by atoms with van der Waals surface area (Å²) in [7, 11) is 0. The second-order valence-electron chi connectivity index (χ2n) is 5.31. The molecule has 0 bridgehead atoms. The Hall–Kier alpha value is -2.32. The van der Waals surface area contributed by atoms with E-state index in [9.17, 15) is 19.2 Å². The number of amides is 4. The first-order valence-corrected chi connectivity index (χ1v) is 7.82. The number of rotatable bonds is 11. The van der Waals surface area contributed by atoms with Crippen LogP contribution in [0.3, 0.4) is 0 Å².